The molecule has 0 N–H and O–H groups in total. The third-order valence-electron chi connectivity index (χ3n) is 4.47. The van der Waals surface area contributed by atoms with Crippen molar-refractivity contribution >= 4 is 11.7 Å². The summed E-state index contributed by atoms with van der Waals surface area (Å²) in [6, 6.07) is 15.8. The largest absolute Gasteiger partial charge is 0.482 e. The molecular weight excluding hydrogens is 319 g/mol. The van der Waals surface area contributed by atoms with Crippen LogP contribution in [-0.4, -0.2) is 12.6 Å². The average molecular weight is 340 g/mol. The molecule has 25 heavy (non-hydrogen) atoms. The number of carbonyl (C=O) groups is 1. The molecule has 4 heteroatoms. The first-order valence-electron chi connectivity index (χ1n) is 8.44. The normalized spacial score (nSPS) is 20.1. The lowest BCUT2D eigenvalue weighted by atomic mass is 9.85. The van der Waals surface area contributed by atoms with E-state index in [4.69, 9.17) is 9.47 Å². The maximum absolute atomic E-state index is 13.3. The van der Waals surface area contributed by atoms with E-state index in [9.17, 15) is 9.18 Å². The molecule has 0 spiro atoms. The fourth-order valence-electron chi connectivity index (χ4n) is 3.06. The summed E-state index contributed by atoms with van der Waals surface area (Å²) in [5, 5.41) is 0. The monoisotopic (exact) mass is 340 g/mol. The van der Waals surface area contributed by atoms with Crippen LogP contribution in [0.15, 0.2) is 60.2 Å². The predicted octanol–water partition coefficient (Wildman–Crippen LogP) is 4.83. The Balaban J connectivity index is 2.02. The summed E-state index contributed by atoms with van der Waals surface area (Å²) < 4.78 is 24.8. The molecule has 1 heterocycles. The molecule has 3 nitrogen and oxygen atoms in total. The summed E-state index contributed by atoms with van der Waals surface area (Å²) >= 11 is 0. The highest BCUT2D eigenvalue weighted by atomic mass is 19.1. The molecule has 0 bridgehead atoms. The fraction of sp³-hybridized carbons (Fsp3) is 0.286. The number of ether oxygens (including phenoxy) is 2. The summed E-state index contributed by atoms with van der Waals surface area (Å²) in [7, 11) is 0. The SMILES string of the molecule is CCOC(=O)C1=C(c2ccccc2)OC(C)(c2ccc(F)cc2)CC1. The average Bonchev–Trinajstić information content (AvgIpc) is 2.63. The molecule has 0 fully saturated rings. The van der Waals surface area contributed by atoms with Gasteiger partial charge in [-0.1, -0.05) is 42.5 Å². The molecule has 0 saturated carbocycles. The highest BCUT2D eigenvalue weighted by Gasteiger charge is 2.37. The van der Waals surface area contributed by atoms with E-state index in [1.54, 1.807) is 19.1 Å². The number of rotatable bonds is 4. The van der Waals surface area contributed by atoms with Gasteiger partial charge < -0.3 is 9.47 Å². The number of carbonyl (C=O) groups excluding carboxylic acids is 1. The molecular formula is C21H21FO3. The van der Waals surface area contributed by atoms with Crippen LogP contribution < -0.4 is 0 Å². The predicted molar refractivity (Wildman–Crippen MR) is 94.1 cm³/mol. The van der Waals surface area contributed by atoms with Crippen LogP contribution in [0.4, 0.5) is 4.39 Å². The van der Waals surface area contributed by atoms with Gasteiger partial charge in [0.25, 0.3) is 0 Å². The Morgan fingerprint density at radius 2 is 1.84 bits per heavy atom. The molecule has 0 aliphatic carbocycles. The summed E-state index contributed by atoms with van der Waals surface area (Å²) in [5.41, 5.74) is 1.63. The topological polar surface area (TPSA) is 35.5 Å². The Morgan fingerprint density at radius 3 is 2.48 bits per heavy atom. The van der Waals surface area contributed by atoms with Crippen LogP contribution in [0.2, 0.25) is 0 Å². The second-order valence-electron chi connectivity index (χ2n) is 6.23. The number of esters is 1. The van der Waals surface area contributed by atoms with Gasteiger partial charge in [0.15, 0.2) is 0 Å². The van der Waals surface area contributed by atoms with Crippen molar-refractivity contribution in [2.75, 3.05) is 6.61 Å². The Morgan fingerprint density at radius 1 is 1.16 bits per heavy atom. The van der Waals surface area contributed by atoms with Gasteiger partial charge in [-0.15, -0.1) is 0 Å². The molecule has 130 valence electrons. The lowest BCUT2D eigenvalue weighted by Gasteiger charge is -2.37. The van der Waals surface area contributed by atoms with Gasteiger partial charge in [0.05, 0.1) is 12.2 Å². The van der Waals surface area contributed by atoms with Crippen molar-refractivity contribution in [3.05, 3.63) is 77.1 Å². The maximum Gasteiger partial charge on any atom is 0.337 e. The smallest absolute Gasteiger partial charge is 0.337 e. The van der Waals surface area contributed by atoms with Crippen molar-refractivity contribution < 1.29 is 18.7 Å². The second-order valence-corrected chi connectivity index (χ2v) is 6.23. The van der Waals surface area contributed by atoms with Crippen LogP contribution in [0.1, 0.15) is 37.8 Å². The first-order chi connectivity index (χ1) is 12.0. The van der Waals surface area contributed by atoms with Crippen LogP contribution in [0.5, 0.6) is 0 Å². The summed E-state index contributed by atoms with van der Waals surface area (Å²) in [6.07, 6.45) is 1.15. The van der Waals surface area contributed by atoms with Crippen molar-refractivity contribution in [3.63, 3.8) is 0 Å². The maximum atomic E-state index is 13.3. The van der Waals surface area contributed by atoms with Gasteiger partial charge in [0, 0.05) is 5.56 Å². The summed E-state index contributed by atoms with van der Waals surface area (Å²) in [4.78, 5) is 12.4. The molecule has 0 saturated heterocycles. The highest BCUT2D eigenvalue weighted by Crippen LogP contribution is 2.43. The van der Waals surface area contributed by atoms with Crippen molar-refractivity contribution in [2.45, 2.75) is 32.3 Å². The van der Waals surface area contributed by atoms with E-state index < -0.39 is 5.60 Å². The first kappa shape index (κ1) is 17.2. The van der Waals surface area contributed by atoms with E-state index in [0.29, 0.717) is 30.8 Å². The minimum Gasteiger partial charge on any atom is -0.482 e. The Kier molecular flexibility index (Phi) is 4.88. The highest BCUT2D eigenvalue weighted by molar-refractivity contribution is 5.96. The minimum atomic E-state index is -0.630. The van der Waals surface area contributed by atoms with E-state index in [1.807, 2.05) is 37.3 Å². The van der Waals surface area contributed by atoms with Gasteiger partial charge in [-0.2, -0.15) is 0 Å². The molecule has 3 rings (SSSR count). The van der Waals surface area contributed by atoms with E-state index in [-0.39, 0.29) is 11.8 Å². The van der Waals surface area contributed by atoms with E-state index in [1.165, 1.54) is 12.1 Å². The molecule has 1 aliphatic rings. The second kappa shape index (κ2) is 7.09. The third-order valence-corrected chi connectivity index (χ3v) is 4.47. The quantitative estimate of drug-likeness (QED) is 0.748. The molecule has 1 unspecified atom stereocenters. The van der Waals surface area contributed by atoms with Gasteiger partial charge in [-0.05, 0) is 44.4 Å². The Labute approximate surface area is 147 Å². The van der Waals surface area contributed by atoms with Crippen LogP contribution in [-0.2, 0) is 19.9 Å². The van der Waals surface area contributed by atoms with Gasteiger partial charge in [0.2, 0.25) is 0 Å². The molecule has 0 radical (unpaired) electrons. The molecule has 2 aromatic rings. The molecule has 1 atom stereocenters. The van der Waals surface area contributed by atoms with Gasteiger partial charge in [0.1, 0.15) is 17.2 Å². The first-order valence-corrected chi connectivity index (χ1v) is 8.44. The zero-order chi connectivity index (χ0) is 17.9. The molecule has 0 aromatic heterocycles. The van der Waals surface area contributed by atoms with Crippen LogP contribution in [0.3, 0.4) is 0 Å². The zero-order valence-corrected chi connectivity index (χ0v) is 14.4. The lowest BCUT2D eigenvalue weighted by Crippen LogP contribution is -2.31. The molecule has 1 aliphatic heterocycles. The van der Waals surface area contributed by atoms with Gasteiger partial charge in [-0.25, -0.2) is 9.18 Å². The van der Waals surface area contributed by atoms with Crippen molar-refractivity contribution in [3.8, 4) is 0 Å². The van der Waals surface area contributed by atoms with E-state index in [0.717, 1.165) is 11.1 Å². The van der Waals surface area contributed by atoms with Crippen LogP contribution in [0, 0.1) is 5.82 Å². The van der Waals surface area contributed by atoms with E-state index in [2.05, 4.69) is 0 Å². The number of hydrogen-bond donors (Lipinski definition) is 0. The molecule has 2 aromatic carbocycles. The van der Waals surface area contributed by atoms with Crippen LogP contribution >= 0.6 is 0 Å². The minimum absolute atomic E-state index is 0.283. The standard InChI is InChI=1S/C21H21FO3/c1-3-24-20(23)18-13-14-21(2,16-9-11-17(22)12-10-16)25-19(18)15-7-5-4-6-8-15/h4-12H,3,13-14H2,1-2H3. The van der Waals surface area contributed by atoms with Crippen molar-refractivity contribution in [1.29, 1.82) is 0 Å². The third kappa shape index (κ3) is 3.58. The number of benzene rings is 2. The van der Waals surface area contributed by atoms with Crippen LogP contribution in [0.25, 0.3) is 5.76 Å². The summed E-state index contributed by atoms with van der Waals surface area (Å²) in [6.45, 7) is 4.07. The van der Waals surface area contributed by atoms with Crippen molar-refractivity contribution in [2.24, 2.45) is 0 Å². The number of halogens is 1. The Bertz CT molecular complexity index is 781. The summed E-state index contributed by atoms with van der Waals surface area (Å²) in [5.74, 6) is -0.0890. The fourth-order valence-corrected chi connectivity index (χ4v) is 3.06. The number of hydrogen-bond acceptors (Lipinski definition) is 3. The van der Waals surface area contributed by atoms with Gasteiger partial charge in [-0.3, -0.25) is 0 Å². The Hall–Kier alpha value is -2.62. The van der Waals surface area contributed by atoms with Gasteiger partial charge >= 0.3 is 5.97 Å². The van der Waals surface area contributed by atoms with Crippen molar-refractivity contribution in [1.82, 2.24) is 0 Å². The molecule has 0 amide bonds. The van der Waals surface area contributed by atoms with E-state index >= 15 is 0 Å². The lowest BCUT2D eigenvalue weighted by molar-refractivity contribution is -0.139. The zero-order valence-electron chi connectivity index (χ0n) is 14.4.